The molecule has 3 rings (SSSR count). The topological polar surface area (TPSA) is 54.2 Å². The Hall–Kier alpha value is -1.31. The Bertz CT molecular complexity index is 581. The maximum absolute atomic E-state index is 13.8. The van der Waals surface area contributed by atoms with Gasteiger partial charge in [-0.25, -0.2) is 9.37 Å². The van der Waals surface area contributed by atoms with Crippen LogP contribution in [0, 0.1) is 13.8 Å². The molecule has 0 bridgehead atoms. The molecule has 5 nitrogen and oxygen atoms in total. The average molecular weight is 324 g/mol. The van der Waals surface area contributed by atoms with Crippen molar-refractivity contribution in [1.29, 1.82) is 0 Å². The summed E-state index contributed by atoms with van der Waals surface area (Å²) in [6.07, 6.45) is 1.64. The molecule has 0 radical (unpaired) electrons. The van der Waals surface area contributed by atoms with Crippen LogP contribution >= 0.6 is 11.3 Å². The van der Waals surface area contributed by atoms with E-state index in [1.807, 2.05) is 19.2 Å². The van der Waals surface area contributed by atoms with E-state index < -0.39 is 6.17 Å². The van der Waals surface area contributed by atoms with Crippen LogP contribution < -0.4 is 5.32 Å². The molecule has 0 aromatic carbocycles. The zero-order valence-corrected chi connectivity index (χ0v) is 13.7. The molecule has 1 saturated heterocycles. The van der Waals surface area contributed by atoms with E-state index in [2.05, 4.69) is 20.4 Å². The molecule has 120 valence electrons. The maximum atomic E-state index is 13.8. The highest BCUT2D eigenvalue weighted by atomic mass is 32.1. The summed E-state index contributed by atoms with van der Waals surface area (Å²) >= 11 is 1.62. The van der Waals surface area contributed by atoms with Crippen LogP contribution in [-0.4, -0.2) is 40.3 Å². The molecule has 2 atom stereocenters. The van der Waals surface area contributed by atoms with Gasteiger partial charge in [0.1, 0.15) is 16.9 Å². The van der Waals surface area contributed by atoms with Gasteiger partial charge >= 0.3 is 0 Å². The summed E-state index contributed by atoms with van der Waals surface area (Å²) in [6.45, 7) is 6.55. The van der Waals surface area contributed by atoms with Gasteiger partial charge in [-0.1, -0.05) is 5.16 Å². The third-order valence-electron chi connectivity index (χ3n) is 4.16. The second-order valence-corrected chi connectivity index (χ2v) is 6.75. The van der Waals surface area contributed by atoms with E-state index in [0.29, 0.717) is 19.5 Å². The van der Waals surface area contributed by atoms with Crippen LogP contribution in [0.1, 0.15) is 28.4 Å². The summed E-state index contributed by atoms with van der Waals surface area (Å²) in [7, 11) is 0. The van der Waals surface area contributed by atoms with Crippen LogP contribution in [0.15, 0.2) is 16.1 Å². The van der Waals surface area contributed by atoms with Crippen molar-refractivity contribution in [3.63, 3.8) is 0 Å². The van der Waals surface area contributed by atoms with Gasteiger partial charge in [0.25, 0.3) is 0 Å². The number of likely N-dealkylation sites (tertiary alicyclic amines) is 1. The molecule has 1 N–H and O–H groups in total. The van der Waals surface area contributed by atoms with Crippen molar-refractivity contribution in [3.8, 4) is 0 Å². The van der Waals surface area contributed by atoms with E-state index >= 15 is 0 Å². The molecule has 2 aromatic heterocycles. The van der Waals surface area contributed by atoms with Crippen LogP contribution in [-0.2, 0) is 13.1 Å². The second kappa shape index (κ2) is 6.85. The van der Waals surface area contributed by atoms with Crippen LogP contribution in [0.4, 0.5) is 4.39 Å². The van der Waals surface area contributed by atoms with Crippen LogP contribution in [0.2, 0.25) is 0 Å². The summed E-state index contributed by atoms with van der Waals surface area (Å²) < 4.78 is 18.9. The molecule has 7 heteroatoms. The molecule has 2 aromatic rings. The maximum Gasteiger partial charge on any atom is 0.138 e. The summed E-state index contributed by atoms with van der Waals surface area (Å²) in [6, 6.07) is 0.208. The summed E-state index contributed by atoms with van der Waals surface area (Å²) in [5, 5.41) is 10.4. The molecule has 0 unspecified atom stereocenters. The van der Waals surface area contributed by atoms with Crippen LogP contribution in [0.5, 0.6) is 0 Å². The first kappa shape index (κ1) is 15.6. The monoisotopic (exact) mass is 324 g/mol. The smallest absolute Gasteiger partial charge is 0.138 e. The summed E-state index contributed by atoms with van der Waals surface area (Å²) in [5.74, 6) is 0.847. The molecule has 1 aliphatic rings. The predicted molar refractivity (Wildman–Crippen MR) is 83.5 cm³/mol. The number of hydrogen-bond donors (Lipinski definition) is 1. The normalized spacial score (nSPS) is 22.5. The van der Waals surface area contributed by atoms with Crippen molar-refractivity contribution in [2.24, 2.45) is 0 Å². The number of aromatic nitrogens is 2. The van der Waals surface area contributed by atoms with Crippen molar-refractivity contribution in [1.82, 2.24) is 20.4 Å². The van der Waals surface area contributed by atoms with Crippen molar-refractivity contribution in [3.05, 3.63) is 33.6 Å². The summed E-state index contributed by atoms with van der Waals surface area (Å²) in [4.78, 5) is 6.48. The first-order chi connectivity index (χ1) is 10.6. The first-order valence-electron chi connectivity index (χ1n) is 7.52. The number of rotatable bonds is 6. The largest absolute Gasteiger partial charge is 0.361 e. The van der Waals surface area contributed by atoms with Gasteiger partial charge in [-0.2, -0.15) is 0 Å². The van der Waals surface area contributed by atoms with Gasteiger partial charge in [0.05, 0.1) is 12.2 Å². The number of nitrogens with zero attached hydrogens (tertiary/aromatic N) is 3. The van der Waals surface area contributed by atoms with Crippen molar-refractivity contribution < 1.29 is 8.91 Å². The minimum atomic E-state index is -0.745. The lowest BCUT2D eigenvalue weighted by Crippen LogP contribution is -2.37. The highest BCUT2D eigenvalue weighted by Gasteiger charge is 2.32. The molecule has 0 spiro atoms. The van der Waals surface area contributed by atoms with Crippen molar-refractivity contribution in [2.75, 3.05) is 13.1 Å². The number of halogens is 1. The third kappa shape index (κ3) is 3.53. The Kier molecular flexibility index (Phi) is 4.85. The van der Waals surface area contributed by atoms with Gasteiger partial charge in [-0.05, 0) is 20.3 Å². The molecule has 0 saturated carbocycles. The predicted octanol–water partition coefficient (Wildman–Crippen LogP) is 2.45. The minimum absolute atomic E-state index is 0.208. The molecule has 1 fully saturated rings. The summed E-state index contributed by atoms with van der Waals surface area (Å²) in [5.41, 5.74) is 2.01. The second-order valence-electron chi connectivity index (χ2n) is 5.78. The van der Waals surface area contributed by atoms with Crippen molar-refractivity contribution >= 4 is 11.3 Å². The highest BCUT2D eigenvalue weighted by molar-refractivity contribution is 7.09. The van der Waals surface area contributed by atoms with E-state index in [1.54, 1.807) is 17.5 Å². The van der Waals surface area contributed by atoms with Gasteiger partial charge in [-0.15, -0.1) is 11.3 Å². The van der Waals surface area contributed by atoms with Gasteiger partial charge < -0.3 is 9.84 Å². The Morgan fingerprint density at radius 1 is 1.50 bits per heavy atom. The van der Waals surface area contributed by atoms with E-state index in [4.69, 9.17) is 4.52 Å². The number of nitrogens with one attached hydrogen (secondary N) is 1. The SMILES string of the molecule is Cc1noc(C)c1CNC[C@@H]1C[C@H](F)CN1Cc1nccs1. The Labute approximate surface area is 133 Å². The average Bonchev–Trinajstić information content (AvgIpc) is 3.17. The molecule has 0 aliphatic carbocycles. The number of aryl methyl sites for hydroxylation is 2. The minimum Gasteiger partial charge on any atom is -0.361 e. The number of thiazole rings is 1. The Morgan fingerprint density at radius 3 is 3.05 bits per heavy atom. The van der Waals surface area contributed by atoms with Crippen LogP contribution in [0.25, 0.3) is 0 Å². The lowest BCUT2D eigenvalue weighted by atomic mass is 10.2. The molecule has 1 aliphatic heterocycles. The Balaban J connectivity index is 1.54. The molecule has 22 heavy (non-hydrogen) atoms. The fourth-order valence-corrected chi connectivity index (χ4v) is 3.59. The lowest BCUT2D eigenvalue weighted by Gasteiger charge is -2.23. The Morgan fingerprint density at radius 2 is 2.36 bits per heavy atom. The van der Waals surface area contributed by atoms with Crippen molar-refractivity contribution in [2.45, 2.75) is 45.6 Å². The van der Waals surface area contributed by atoms with E-state index in [0.717, 1.165) is 35.1 Å². The zero-order valence-electron chi connectivity index (χ0n) is 12.9. The molecular formula is C15H21FN4OS. The van der Waals surface area contributed by atoms with E-state index in [9.17, 15) is 4.39 Å². The van der Waals surface area contributed by atoms with Gasteiger partial charge in [-0.3, -0.25) is 4.90 Å². The number of alkyl halides is 1. The highest BCUT2D eigenvalue weighted by Crippen LogP contribution is 2.23. The van der Waals surface area contributed by atoms with Gasteiger partial charge in [0.15, 0.2) is 0 Å². The molecular weight excluding hydrogens is 303 g/mol. The van der Waals surface area contributed by atoms with Gasteiger partial charge in [0, 0.05) is 42.8 Å². The molecule has 0 amide bonds. The van der Waals surface area contributed by atoms with Crippen LogP contribution in [0.3, 0.4) is 0 Å². The van der Waals surface area contributed by atoms with E-state index in [1.165, 1.54) is 0 Å². The lowest BCUT2D eigenvalue weighted by molar-refractivity contribution is 0.230. The fourth-order valence-electron chi connectivity index (χ4n) is 2.95. The molecule has 3 heterocycles. The first-order valence-corrected chi connectivity index (χ1v) is 8.40. The quantitative estimate of drug-likeness (QED) is 0.884. The standard InChI is InChI=1S/C15H21FN4OS/c1-10-14(11(2)21-19-10)7-17-6-13-5-12(16)8-20(13)9-15-18-3-4-22-15/h3-4,12-13,17H,5-9H2,1-2H3/t12-,13-/m0/s1. The zero-order chi connectivity index (χ0) is 15.5. The van der Waals surface area contributed by atoms with E-state index in [-0.39, 0.29) is 6.04 Å². The third-order valence-corrected chi connectivity index (χ3v) is 4.93. The fraction of sp³-hybridized carbons (Fsp3) is 0.600. The number of hydrogen-bond acceptors (Lipinski definition) is 6. The van der Waals surface area contributed by atoms with Gasteiger partial charge in [0.2, 0.25) is 0 Å².